The molecule has 0 unspecified atom stereocenters. The summed E-state index contributed by atoms with van der Waals surface area (Å²) < 4.78 is 29.8. The van der Waals surface area contributed by atoms with E-state index in [-0.39, 0.29) is 28.1 Å². The Bertz CT molecular complexity index is 2420. The molecule has 3 N–H and O–H groups in total. The van der Waals surface area contributed by atoms with E-state index in [2.05, 4.69) is 71.3 Å². The van der Waals surface area contributed by atoms with Crippen molar-refractivity contribution in [2.75, 3.05) is 67.5 Å². The van der Waals surface area contributed by atoms with Gasteiger partial charge in [-0.1, -0.05) is 66.2 Å². The molecule has 6 aromatic rings. The van der Waals surface area contributed by atoms with Crippen molar-refractivity contribution < 1.29 is 13.3 Å². The molecule has 1 saturated heterocycles. The summed E-state index contributed by atoms with van der Waals surface area (Å²) in [6.45, 7) is 5.02. The molecule has 0 aliphatic carbocycles. The summed E-state index contributed by atoms with van der Waals surface area (Å²) in [6.07, 6.45) is 0.733. The maximum absolute atomic E-state index is 13.6. The molecule has 57 heavy (non-hydrogen) atoms. The van der Waals surface area contributed by atoms with E-state index in [0.717, 1.165) is 72.9 Å². The van der Waals surface area contributed by atoms with Gasteiger partial charge in [-0.2, -0.15) is 5.10 Å². The molecule has 0 radical (unpaired) electrons. The molecule has 0 spiro atoms. The highest BCUT2D eigenvalue weighted by Gasteiger charge is 2.25. The zero-order valence-electron chi connectivity index (χ0n) is 31.8. The molecule has 7 rings (SSSR count). The van der Waals surface area contributed by atoms with Crippen molar-refractivity contribution in [2.45, 2.75) is 28.8 Å². The number of aromatic nitrogens is 2. The monoisotopic (exact) mass is 824 g/mol. The van der Waals surface area contributed by atoms with Crippen LogP contribution in [0.2, 0.25) is 5.02 Å². The van der Waals surface area contributed by atoms with Gasteiger partial charge in [0.15, 0.2) is 5.82 Å². The number of H-pyrrole nitrogens is 1. The Balaban J connectivity index is 1.00. The molecule has 1 aliphatic heterocycles. The second-order valence-corrected chi connectivity index (χ2v) is 17.5. The molecule has 0 amide bonds. The molecule has 1 aliphatic rings. The van der Waals surface area contributed by atoms with Gasteiger partial charge in [0.2, 0.25) is 0 Å². The van der Waals surface area contributed by atoms with Gasteiger partial charge < -0.3 is 15.1 Å². The first-order valence-corrected chi connectivity index (χ1v) is 21.6. The molecule has 15 heteroatoms. The smallest absolute Gasteiger partial charge is 0.293 e. The van der Waals surface area contributed by atoms with E-state index in [1.165, 1.54) is 23.3 Å². The van der Waals surface area contributed by atoms with Gasteiger partial charge in [0, 0.05) is 71.6 Å². The van der Waals surface area contributed by atoms with Crippen LogP contribution in [0.1, 0.15) is 12.0 Å². The number of rotatable bonds is 16. The van der Waals surface area contributed by atoms with E-state index < -0.39 is 14.9 Å². The van der Waals surface area contributed by atoms with Crippen molar-refractivity contribution >= 4 is 67.2 Å². The molecule has 296 valence electrons. The normalized spacial score (nSPS) is 14.2. The fourth-order valence-corrected chi connectivity index (χ4v) is 9.10. The molecular weight excluding hydrogens is 780 g/mol. The van der Waals surface area contributed by atoms with Crippen LogP contribution in [-0.4, -0.2) is 92.0 Å². The molecule has 1 atom stereocenters. The lowest BCUT2D eigenvalue weighted by Crippen LogP contribution is -2.46. The van der Waals surface area contributed by atoms with E-state index in [1.807, 2.05) is 74.8 Å². The van der Waals surface area contributed by atoms with Crippen LogP contribution in [0.4, 0.5) is 22.9 Å². The minimum atomic E-state index is -4.23. The molecule has 1 fully saturated rings. The van der Waals surface area contributed by atoms with Gasteiger partial charge in [-0.3, -0.25) is 24.8 Å². The average molecular weight is 825 g/mol. The SMILES string of the molecule is CN(C)CC[C@H](CSc1ccccc1)Nc1ccc(S(=O)(=O)Nc2n[nH]c3cc(N4CCN(Cc5ccccc5-c5ccc(Cl)cc5)CC4)ccc23)cc1[N+](=O)[O-]. The number of anilines is 3. The number of nitrogens with one attached hydrogen (secondary N) is 3. The van der Waals surface area contributed by atoms with Crippen LogP contribution < -0.4 is 14.9 Å². The molecule has 1 aromatic heterocycles. The zero-order chi connectivity index (χ0) is 39.9. The van der Waals surface area contributed by atoms with Gasteiger partial charge in [-0.05, 0) is 98.3 Å². The number of nitro benzene ring substituents is 1. The summed E-state index contributed by atoms with van der Waals surface area (Å²) in [5, 5.41) is 24.2. The van der Waals surface area contributed by atoms with Crippen molar-refractivity contribution in [2.24, 2.45) is 0 Å². The van der Waals surface area contributed by atoms with Crippen molar-refractivity contribution in [1.82, 2.24) is 20.0 Å². The second kappa shape index (κ2) is 18.0. The second-order valence-electron chi connectivity index (χ2n) is 14.3. The molecule has 2 heterocycles. The highest BCUT2D eigenvalue weighted by atomic mass is 35.5. The first-order valence-electron chi connectivity index (χ1n) is 18.7. The third-order valence-electron chi connectivity index (χ3n) is 10.0. The van der Waals surface area contributed by atoms with E-state index in [4.69, 9.17) is 11.6 Å². The lowest BCUT2D eigenvalue weighted by Gasteiger charge is -2.36. The fourth-order valence-electron chi connectivity index (χ4n) is 6.94. The maximum atomic E-state index is 13.6. The average Bonchev–Trinajstić information content (AvgIpc) is 3.61. The van der Waals surface area contributed by atoms with Gasteiger partial charge in [0.05, 0.1) is 15.3 Å². The number of nitro groups is 1. The number of fused-ring (bicyclic) bond motifs is 1. The highest BCUT2D eigenvalue weighted by molar-refractivity contribution is 7.99. The Labute approximate surface area is 342 Å². The van der Waals surface area contributed by atoms with Crippen molar-refractivity contribution in [1.29, 1.82) is 0 Å². The number of piperazine rings is 1. The third kappa shape index (κ3) is 10.1. The predicted molar refractivity (Wildman–Crippen MR) is 232 cm³/mol. The number of benzene rings is 5. The molecular formula is C42H45ClN8O4S2. The number of sulfonamides is 1. The summed E-state index contributed by atoms with van der Waals surface area (Å²) in [5.74, 6) is 0.786. The summed E-state index contributed by atoms with van der Waals surface area (Å²) in [4.78, 5) is 19.4. The number of nitrogens with zero attached hydrogens (tertiary/aromatic N) is 5. The van der Waals surface area contributed by atoms with Crippen LogP contribution in [0.25, 0.3) is 22.0 Å². The van der Waals surface area contributed by atoms with E-state index in [0.29, 0.717) is 16.7 Å². The third-order valence-corrected chi connectivity index (χ3v) is 12.8. The number of aromatic amines is 1. The van der Waals surface area contributed by atoms with Gasteiger partial charge in [-0.15, -0.1) is 11.8 Å². The van der Waals surface area contributed by atoms with Crippen LogP contribution in [0.5, 0.6) is 0 Å². The summed E-state index contributed by atoms with van der Waals surface area (Å²) in [5.41, 5.74) is 5.23. The zero-order valence-corrected chi connectivity index (χ0v) is 34.2. The first-order chi connectivity index (χ1) is 27.5. The summed E-state index contributed by atoms with van der Waals surface area (Å²) in [6, 6.07) is 36.0. The van der Waals surface area contributed by atoms with Crippen LogP contribution in [0.3, 0.4) is 0 Å². The lowest BCUT2D eigenvalue weighted by molar-refractivity contribution is -0.384. The van der Waals surface area contributed by atoms with E-state index in [9.17, 15) is 18.5 Å². The lowest BCUT2D eigenvalue weighted by atomic mass is 9.99. The Hall–Kier alpha value is -5.12. The molecule has 5 aromatic carbocycles. The van der Waals surface area contributed by atoms with E-state index >= 15 is 0 Å². The Kier molecular flexibility index (Phi) is 12.7. The van der Waals surface area contributed by atoms with Crippen LogP contribution >= 0.6 is 23.4 Å². The van der Waals surface area contributed by atoms with Crippen LogP contribution in [0, 0.1) is 10.1 Å². The van der Waals surface area contributed by atoms with Gasteiger partial charge in [0.25, 0.3) is 15.7 Å². The minimum absolute atomic E-state index is 0.107. The van der Waals surface area contributed by atoms with Crippen molar-refractivity contribution in [3.63, 3.8) is 0 Å². The summed E-state index contributed by atoms with van der Waals surface area (Å²) in [7, 11) is -0.270. The topological polar surface area (TPSA) is 140 Å². The Morgan fingerprint density at radius 2 is 1.67 bits per heavy atom. The maximum Gasteiger partial charge on any atom is 0.293 e. The highest BCUT2D eigenvalue weighted by Crippen LogP contribution is 2.33. The fraction of sp³-hybridized carbons (Fsp3) is 0.262. The van der Waals surface area contributed by atoms with Crippen molar-refractivity contribution in [3.8, 4) is 11.1 Å². The van der Waals surface area contributed by atoms with Gasteiger partial charge in [0.1, 0.15) is 5.69 Å². The Morgan fingerprint density at radius 3 is 2.40 bits per heavy atom. The number of hydrogen-bond acceptors (Lipinski definition) is 10. The van der Waals surface area contributed by atoms with Crippen LogP contribution in [0.15, 0.2) is 125 Å². The minimum Gasteiger partial charge on any atom is -0.376 e. The number of halogens is 1. The molecule has 0 saturated carbocycles. The standard InChI is InChI=1S/C42H45ClN8O4S2/c1-48(2)21-20-33(29-56-35-9-4-3-5-10-35)44-39-19-17-36(27-41(39)51(52)53)57(54,55)47-42-38-18-16-34(26-40(38)45-46-42)50-24-22-49(23-25-50)28-31-8-6-7-11-37(31)30-12-14-32(43)15-13-30/h3-19,26-27,33,44H,20-25,28-29H2,1-2H3,(H2,45,46,47)/t33-/m1/s1. The van der Waals surface area contributed by atoms with Crippen molar-refractivity contribution in [3.05, 3.63) is 136 Å². The van der Waals surface area contributed by atoms with Gasteiger partial charge >= 0.3 is 0 Å². The van der Waals surface area contributed by atoms with E-state index in [1.54, 1.807) is 11.8 Å². The van der Waals surface area contributed by atoms with Crippen LogP contribution in [-0.2, 0) is 16.6 Å². The Morgan fingerprint density at radius 1 is 0.930 bits per heavy atom. The molecule has 0 bridgehead atoms. The van der Waals surface area contributed by atoms with Gasteiger partial charge in [-0.25, -0.2) is 8.42 Å². The quantitative estimate of drug-likeness (QED) is 0.0495. The number of thioether (sulfide) groups is 1. The summed E-state index contributed by atoms with van der Waals surface area (Å²) >= 11 is 7.79. The predicted octanol–water partition coefficient (Wildman–Crippen LogP) is 8.44. The first kappa shape index (κ1) is 40.1. The molecule has 12 nitrogen and oxygen atoms in total. The number of hydrogen-bond donors (Lipinski definition) is 3. The largest absolute Gasteiger partial charge is 0.376 e.